The number of aldehydes is 1. The van der Waals surface area contributed by atoms with Gasteiger partial charge in [-0.1, -0.05) is 12.8 Å². The maximum Gasteiger partial charge on any atom is 0.127 e. The van der Waals surface area contributed by atoms with Crippen LogP contribution in [0.15, 0.2) is 0 Å². The van der Waals surface area contributed by atoms with E-state index in [4.69, 9.17) is 4.74 Å². The molecule has 2 fully saturated rings. The lowest BCUT2D eigenvalue weighted by Crippen LogP contribution is -2.41. The zero-order chi connectivity index (χ0) is 10.7. The van der Waals surface area contributed by atoms with E-state index in [-0.39, 0.29) is 5.41 Å². The molecule has 0 N–H and O–H groups in total. The second kappa shape index (κ2) is 4.62. The molecule has 3 heteroatoms. The van der Waals surface area contributed by atoms with E-state index in [9.17, 15) is 4.79 Å². The van der Waals surface area contributed by atoms with Gasteiger partial charge >= 0.3 is 0 Å². The normalized spacial score (nSPS) is 29.9. The van der Waals surface area contributed by atoms with Crippen LogP contribution in [0, 0.1) is 5.41 Å². The minimum absolute atomic E-state index is 0.0443. The van der Waals surface area contributed by atoms with Crippen LogP contribution in [0.5, 0.6) is 0 Å². The molecule has 0 bridgehead atoms. The van der Waals surface area contributed by atoms with Crippen LogP contribution in [0.4, 0.5) is 0 Å². The first-order chi connectivity index (χ1) is 7.26. The highest BCUT2D eigenvalue weighted by Gasteiger charge is 2.36. The summed E-state index contributed by atoms with van der Waals surface area (Å²) in [6.07, 6.45) is 6.90. The summed E-state index contributed by atoms with van der Waals surface area (Å²) in [7, 11) is 2.13. The van der Waals surface area contributed by atoms with Crippen LogP contribution < -0.4 is 0 Å². The van der Waals surface area contributed by atoms with E-state index in [0.717, 1.165) is 39.0 Å². The third-order valence-corrected chi connectivity index (χ3v) is 3.94. The third-order valence-electron chi connectivity index (χ3n) is 3.94. The Morgan fingerprint density at radius 3 is 2.73 bits per heavy atom. The first-order valence-corrected chi connectivity index (χ1v) is 6.00. The summed E-state index contributed by atoms with van der Waals surface area (Å²) in [6.45, 7) is 2.64. The first kappa shape index (κ1) is 11.1. The summed E-state index contributed by atoms with van der Waals surface area (Å²) in [4.78, 5) is 13.5. The fourth-order valence-corrected chi connectivity index (χ4v) is 2.89. The van der Waals surface area contributed by atoms with Crippen LogP contribution in [0.25, 0.3) is 0 Å². The summed E-state index contributed by atoms with van der Waals surface area (Å²) < 4.78 is 5.38. The first-order valence-electron chi connectivity index (χ1n) is 6.00. The van der Waals surface area contributed by atoms with E-state index < -0.39 is 0 Å². The molecular formula is C12H21NO2. The van der Waals surface area contributed by atoms with Gasteiger partial charge in [0.1, 0.15) is 6.29 Å². The van der Waals surface area contributed by atoms with Crippen molar-refractivity contribution < 1.29 is 9.53 Å². The van der Waals surface area contributed by atoms with Gasteiger partial charge in [-0.2, -0.15) is 0 Å². The lowest BCUT2D eigenvalue weighted by molar-refractivity contribution is -0.117. The molecule has 0 aromatic heterocycles. The Hall–Kier alpha value is -0.410. The second-order valence-electron chi connectivity index (χ2n) is 5.12. The summed E-state index contributed by atoms with van der Waals surface area (Å²) in [5.74, 6) is 0. The highest BCUT2D eigenvalue weighted by atomic mass is 16.5. The Bertz CT molecular complexity index is 218. The quantitative estimate of drug-likeness (QED) is 0.659. The van der Waals surface area contributed by atoms with Crippen molar-refractivity contribution in [3.05, 3.63) is 0 Å². The molecule has 2 rings (SSSR count). The van der Waals surface area contributed by atoms with Crippen molar-refractivity contribution in [2.24, 2.45) is 5.41 Å². The van der Waals surface area contributed by atoms with Crippen molar-refractivity contribution in [2.45, 2.75) is 38.1 Å². The van der Waals surface area contributed by atoms with Crippen molar-refractivity contribution in [3.8, 4) is 0 Å². The molecule has 0 aromatic carbocycles. The number of likely N-dealkylation sites (N-methyl/N-ethyl adjacent to an activating group) is 1. The fraction of sp³-hybridized carbons (Fsp3) is 0.917. The number of carbonyl (C=O) groups excluding carboxylic acids is 1. The number of hydrogen-bond acceptors (Lipinski definition) is 3. The van der Waals surface area contributed by atoms with Crippen molar-refractivity contribution in [2.75, 3.05) is 26.8 Å². The Morgan fingerprint density at radius 2 is 2.20 bits per heavy atom. The molecule has 0 amide bonds. The van der Waals surface area contributed by atoms with Gasteiger partial charge < -0.3 is 14.4 Å². The summed E-state index contributed by atoms with van der Waals surface area (Å²) >= 11 is 0. The average molecular weight is 211 g/mol. The number of ether oxygens (including phenoxy) is 1. The Kier molecular flexibility index (Phi) is 3.42. The van der Waals surface area contributed by atoms with Crippen molar-refractivity contribution >= 4 is 6.29 Å². The number of rotatable bonds is 4. The van der Waals surface area contributed by atoms with Gasteiger partial charge in [-0.15, -0.1) is 0 Å². The van der Waals surface area contributed by atoms with Gasteiger partial charge in [0.15, 0.2) is 0 Å². The van der Waals surface area contributed by atoms with E-state index in [1.807, 2.05) is 0 Å². The largest absolute Gasteiger partial charge is 0.380 e. The molecular weight excluding hydrogens is 190 g/mol. The van der Waals surface area contributed by atoms with E-state index in [1.165, 1.54) is 19.1 Å². The second-order valence-corrected chi connectivity index (χ2v) is 5.12. The maximum absolute atomic E-state index is 11.2. The molecule has 0 radical (unpaired) electrons. The maximum atomic E-state index is 11.2. The van der Waals surface area contributed by atoms with Crippen molar-refractivity contribution in [1.29, 1.82) is 0 Å². The van der Waals surface area contributed by atoms with Gasteiger partial charge in [0.25, 0.3) is 0 Å². The number of hydrogen-bond donors (Lipinski definition) is 0. The summed E-state index contributed by atoms with van der Waals surface area (Å²) in [5, 5.41) is 0. The van der Waals surface area contributed by atoms with Crippen LogP contribution in [-0.2, 0) is 9.53 Å². The monoisotopic (exact) mass is 211 g/mol. The van der Waals surface area contributed by atoms with Crippen LogP contribution in [0.3, 0.4) is 0 Å². The Labute approximate surface area is 91.8 Å². The third kappa shape index (κ3) is 2.40. The SMILES string of the molecule is CN(CC1(C=O)CCCC1)C1CCOC1. The molecule has 3 nitrogen and oxygen atoms in total. The molecule has 2 aliphatic rings. The minimum atomic E-state index is -0.0443. The van der Waals surface area contributed by atoms with Crippen LogP contribution in [-0.4, -0.2) is 44.0 Å². The van der Waals surface area contributed by atoms with Gasteiger partial charge in [0.2, 0.25) is 0 Å². The van der Waals surface area contributed by atoms with Crippen molar-refractivity contribution in [1.82, 2.24) is 4.90 Å². The molecule has 1 atom stereocenters. The van der Waals surface area contributed by atoms with Gasteiger partial charge in [-0.25, -0.2) is 0 Å². The van der Waals surface area contributed by atoms with Gasteiger partial charge in [0.05, 0.1) is 6.61 Å². The molecule has 1 unspecified atom stereocenters. The fourth-order valence-electron chi connectivity index (χ4n) is 2.89. The van der Waals surface area contributed by atoms with Gasteiger partial charge in [-0.05, 0) is 26.3 Å². The molecule has 1 aliphatic carbocycles. The molecule has 86 valence electrons. The smallest absolute Gasteiger partial charge is 0.127 e. The standard InChI is InChI=1S/C12H21NO2/c1-13(11-4-7-15-8-11)9-12(10-14)5-2-3-6-12/h10-11H,2-9H2,1H3. The number of carbonyl (C=O) groups is 1. The van der Waals surface area contributed by atoms with Gasteiger partial charge in [0, 0.05) is 24.6 Å². The molecule has 1 saturated carbocycles. The minimum Gasteiger partial charge on any atom is -0.380 e. The van der Waals surface area contributed by atoms with Crippen LogP contribution in [0.2, 0.25) is 0 Å². The topological polar surface area (TPSA) is 29.5 Å². The van der Waals surface area contributed by atoms with Crippen molar-refractivity contribution in [3.63, 3.8) is 0 Å². The molecule has 1 aliphatic heterocycles. The van der Waals surface area contributed by atoms with E-state index >= 15 is 0 Å². The van der Waals surface area contributed by atoms with E-state index in [2.05, 4.69) is 11.9 Å². The molecule has 15 heavy (non-hydrogen) atoms. The summed E-state index contributed by atoms with van der Waals surface area (Å²) in [5.41, 5.74) is -0.0443. The Balaban J connectivity index is 1.90. The van der Waals surface area contributed by atoms with E-state index in [1.54, 1.807) is 0 Å². The molecule has 1 saturated heterocycles. The molecule has 0 aromatic rings. The highest BCUT2D eigenvalue weighted by Crippen LogP contribution is 2.37. The van der Waals surface area contributed by atoms with Crippen LogP contribution in [0.1, 0.15) is 32.1 Å². The van der Waals surface area contributed by atoms with E-state index in [0.29, 0.717) is 6.04 Å². The number of nitrogens with zero attached hydrogens (tertiary/aromatic N) is 1. The zero-order valence-corrected chi connectivity index (χ0v) is 9.58. The highest BCUT2D eigenvalue weighted by molar-refractivity contribution is 5.60. The Morgan fingerprint density at radius 1 is 1.47 bits per heavy atom. The molecule has 0 spiro atoms. The van der Waals surface area contributed by atoms with Gasteiger partial charge in [-0.3, -0.25) is 0 Å². The van der Waals surface area contributed by atoms with Crippen LogP contribution >= 0.6 is 0 Å². The average Bonchev–Trinajstić information content (AvgIpc) is 2.88. The molecule has 1 heterocycles. The lowest BCUT2D eigenvalue weighted by Gasteiger charge is -2.31. The predicted octanol–water partition coefficient (Wildman–Crippen LogP) is 1.47. The zero-order valence-electron chi connectivity index (χ0n) is 9.58. The predicted molar refractivity (Wildman–Crippen MR) is 58.8 cm³/mol. The summed E-state index contributed by atoms with van der Waals surface area (Å²) in [6, 6.07) is 0.530. The lowest BCUT2D eigenvalue weighted by atomic mass is 9.87.